The van der Waals surface area contributed by atoms with Gasteiger partial charge < -0.3 is 20.8 Å². The largest absolute Gasteiger partial charge is 0.507 e. The summed E-state index contributed by atoms with van der Waals surface area (Å²) in [5, 5.41) is 26.4. The number of benzene rings is 3. The van der Waals surface area contributed by atoms with Gasteiger partial charge in [-0.15, -0.1) is 0 Å². The number of rotatable bonds is 16. The number of hydrogen-bond donors (Lipinski definition) is 4. The summed E-state index contributed by atoms with van der Waals surface area (Å²) in [5.41, 5.74) is 3.19. The molecule has 2 amide bonds. The van der Waals surface area contributed by atoms with Gasteiger partial charge in [0.25, 0.3) is 11.8 Å². The molecule has 3 rings (SSSR count). The van der Waals surface area contributed by atoms with E-state index < -0.39 is 11.8 Å². The van der Waals surface area contributed by atoms with Crippen LogP contribution in [0.4, 0.5) is 11.4 Å². The molecule has 0 radical (unpaired) electrons. The smallest absolute Gasteiger partial charge is 0.259 e. The normalized spacial score (nSPS) is 10.8. The van der Waals surface area contributed by atoms with E-state index in [4.69, 9.17) is 0 Å². The molecule has 214 valence electrons. The highest BCUT2D eigenvalue weighted by molar-refractivity contribution is 6.11. The van der Waals surface area contributed by atoms with Gasteiger partial charge in [0.05, 0.1) is 22.5 Å². The summed E-state index contributed by atoms with van der Waals surface area (Å²) < 4.78 is 0. The molecule has 0 saturated carbocycles. The van der Waals surface area contributed by atoms with Crippen LogP contribution in [-0.2, 0) is 12.8 Å². The molecule has 6 heteroatoms. The Morgan fingerprint density at radius 2 is 0.975 bits per heavy atom. The summed E-state index contributed by atoms with van der Waals surface area (Å²) in [6.07, 6.45) is 13.3. The van der Waals surface area contributed by atoms with Crippen LogP contribution in [0.15, 0.2) is 60.7 Å². The van der Waals surface area contributed by atoms with Crippen LogP contribution in [0.5, 0.6) is 11.5 Å². The van der Waals surface area contributed by atoms with Gasteiger partial charge >= 0.3 is 0 Å². The highest BCUT2D eigenvalue weighted by Gasteiger charge is 2.17. The standard InChI is InChI=1S/C34H44N2O4/c1-3-5-7-9-11-15-25-19-21-31(37)27(23-25)33(39)35-29-17-13-14-18-30(29)36-34(40)28-24-26(20-22-32(28)38)16-12-10-8-6-4-2/h13-14,17-24,37-38H,3-12,15-16H2,1-2H3,(H,35,39)(H,36,40). The van der Waals surface area contributed by atoms with Gasteiger partial charge in [-0.25, -0.2) is 0 Å². The molecule has 0 aromatic heterocycles. The average molecular weight is 545 g/mol. The number of phenols is 2. The fraction of sp³-hybridized carbons (Fsp3) is 0.412. The maximum atomic E-state index is 13.2. The summed E-state index contributed by atoms with van der Waals surface area (Å²) in [5.74, 6) is -1.10. The number of amides is 2. The van der Waals surface area contributed by atoms with E-state index in [0.29, 0.717) is 11.4 Å². The second kappa shape index (κ2) is 16.3. The molecule has 0 bridgehead atoms. The molecule has 4 N–H and O–H groups in total. The van der Waals surface area contributed by atoms with E-state index in [1.54, 1.807) is 48.5 Å². The Labute approximate surface area is 238 Å². The number of aryl methyl sites for hydroxylation is 2. The lowest BCUT2D eigenvalue weighted by Gasteiger charge is -2.14. The van der Waals surface area contributed by atoms with Crippen molar-refractivity contribution in [1.29, 1.82) is 0 Å². The molecular weight excluding hydrogens is 500 g/mol. The summed E-state index contributed by atoms with van der Waals surface area (Å²) in [6.45, 7) is 4.37. The minimum Gasteiger partial charge on any atom is -0.507 e. The monoisotopic (exact) mass is 544 g/mol. The Morgan fingerprint density at radius 1 is 0.575 bits per heavy atom. The fourth-order valence-corrected chi connectivity index (χ4v) is 4.79. The zero-order valence-corrected chi connectivity index (χ0v) is 24.0. The third kappa shape index (κ3) is 9.44. The van der Waals surface area contributed by atoms with Crippen molar-refractivity contribution in [1.82, 2.24) is 0 Å². The lowest BCUT2D eigenvalue weighted by Crippen LogP contribution is -2.17. The summed E-state index contributed by atoms with van der Waals surface area (Å²) in [4.78, 5) is 26.3. The molecule has 3 aromatic carbocycles. The molecule has 0 atom stereocenters. The third-order valence-corrected chi connectivity index (χ3v) is 7.17. The second-order valence-corrected chi connectivity index (χ2v) is 10.5. The van der Waals surface area contributed by atoms with Gasteiger partial charge in [-0.2, -0.15) is 0 Å². The number of anilines is 2. The molecule has 6 nitrogen and oxygen atoms in total. The molecule has 40 heavy (non-hydrogen) atoms. The molecule has 0 spiro atoms. The molecule has 0 aliphatic carbocycles. The van der Waals surface area contributed by atoms with Crippen molar-refractivity contribution in [3.63, 3.8) is 0 Å². The molecule has 0 unspecified atom stereocenters. The van der Waals surface area contributed by atoms with E-state index in [-0.39, 0.29) is 22.6 Å². The third-order valence-electron chi connectivity index (χ3n) is 7.17. The van der Waals surface area contributed by atoms with Crippen LogP contribution in [0.3, 0.4) is 0 Å². The molecule has 0 heterocycles. The van der Waals surface area contributed by atoms with Crippen molar-refractivity contribution in [2.45, 2.75) is 90.9 Å². The van der Waals surface area contributed by atoms with Gasteiger partial charge in [-0.3, -0.25) is 9.59 Å². The Morgan fingerprint density at radius 3 is 1.38 bits per heavy atom. The van der Waals surface area contributed by atoms with Gasteiger partial charge in [0, 0.05) is 0 Å². The highest BCUT2D eigenvalue weighted by Crippen LogP contribution is 2.27. The van der Waals surface area contributed by atoms with Crippen LogP contribution in [0.2, 0.25) is 0 Å². The number of unbranched alkanes of at least 4 members (excludes halogenated alkanes) is 8. The van der Waals surface area contributed by atoms with E-state index in [9.17, 15) is 19.8 Å². The molecular formula is C34H44N2O4. The quantitative estimate of drug-likeness (QED) is 0.136. The van der Waals surface area contributed by atoms with E-state index in [2.05, 4.69) is 24.5 Å². The first kappa shape index (κ1) is 30.7. The summed E-state index contributed by atoms with van der Waals surface area (Å²) in [7, 11) is 0. The van der Waals surface area contributed by atoms with Crippen molar-refractivity contribution in [2.24, 2.45) is 0 Å². The molecule has 0 saturated heterocycles. The summed E-state index contributed by atoms with van der Waals surface area (Å²) >= 11 is 0. The summed E-state index contributed by atoms with van der Waals surface area (Å²) in [6, 6.07) is 17.2. The zero-order chi connectivity index (χ0) is 28.7. The van der Waals surface area contributed by atoms with E-state index >= 15 is 0 Å². The lowest BCUT2D eigenvalue weighted by molar-refractivity contribution is 0.101. The molecule has 0 aliphatic rings. The van der Waals surface area contributed by atoms with Crippen molar-refractivity contribution in [3.8, 4) is 11.5 Å². The number of carbonyl (C=O) groups excluding carboxylic acids is 2. The average Bonchev–Trinajstić information content (AvgIpc) is 2.95. The van der Waals surface area contributed by atoms with E-state index in [1.807, 2.05) is 12.1 Å². The Balaban J connectivity index is 1.67. The van der Waals surface area contributed by atoms with Crippen molar-refractivity contribution in [3.05, 3.63) is 82.9 Å². The van der Waals surface area contributed by atoms with Crippen LogP contribution >= 0.6 is 0 Å². The van der Waals surface area contributed by atoms with Crippen LogP contribution in [0.25, 0.3) is 0 Å². The predicted molar refractivity (Wildman–Crippen MR) is 163 cm³/mol. The maximum absolute atomic E-state index is 13.2. The predicted octanol–water partition coefficient (Wildman–Crippen LogP) is 8.63. The first-order valence-electron chi connectivity index (χ1n) is 14.8. The minimum atomic E-state index is -0.458. The second-order valence-electron chi connectivity index (χ2n) is 10.5. The van der Waals surface area contributed by atoms with Crippen LogP contribution in [0, 0.1) is 0 Å². The molecule has 0 fully saturated rings. The zero-order valence-electron chi connectivity index (χ0n) is 24.0. The van der Waals surface area contributed by atoms with Crippen molar-refractivity contribution >= 4 is 23.2 Å². The highest BCUT2D eigenvalue weighted by atomic mass is 16.3. The lowest BCUT2D eigenvalue weighted by atomic mass is 10.0. The number of phenolic OH excluding ortho intramolecular Hbond substituents is 2. The van der Waals surface area contributed by atoms with E-state index in [1.165, 1.54) is 38.5 Å². The number of aromatic hydroxyl groups is 2. The Bertz CT molecular complexity index is 1160. The number of para-hydroxylation sites is 2. The number of nitrogens with one attached hydrogen (secondary N) is 2. The van der Waals surface area contributed by atoms with E-state index in [0.717, 1.165) is 49.7 Å². The topological polar surface area (TPSA) is 98.7 Å². The number of carbonyl (C=O) groups is 2. The van der Waals surface area contributed by atoms with Crippen molar-refractivity contribution < 1.29 is 19.8 Å². The van der Waals surface area contributed by atoms with Crippen molar-refractivity contribution in [2.75, 3.05) is 10.6 Å². The van der Waals surface area contributed by atoms with Crippen LogP contribution in [0.1, 0.15) is 110 Å². The van der Waals surface area contributed by atoms with Gasteiger partial charge in [-0.1, -0.05) is 89.5 Å². The molecule has 0 aliphatic heterocycles. The van der Waals surface area contributed by atoms with Gasteiger partial charge in [-0.05, 0) is 73.2 Å². The van der Waals surface area contributed by atoms with Crippen LogP contribution < -0.4 is 10.6 Å². The Hall–Kier alpha value is -3.80. The molecule has 3 aromatic rings. The van der Waals surface area contributed by atoms with Gasteiger partial charge in [0.1, 0.15) is 11.5 Å². The SMILES string of the molecule is CCCCCCCc1ccc(O)c(C(=O)Nc2ccccc2NC(=O)c2cc(CCCCCCC)ccc2O)c1. The first-order valence-corrected chi connectivity index (χ1v) is 14.8. The van der Waals surface area contributed by atoms with Crippen LogP contribution in [-0.4, -0.2) is 22.0 Å². The van der Waals surface area contributed by atoms with Gasteiger partial charge in [0.15, 0.2) is 0 Å². The van der Waals surface area contributed by atoms with Gasteiger partial charge in [0.2, 0.25) is 0 Å². The fourth-order valence-electron chi connectivity index (χ4n) is 4.79. The minimum absolute atomic E-state index is 0.0924. The first-order chi connectivity index (χ1) is 19.4. The Kier molecular flexibility index (Phi) is 12.6. The number of hydrogen-bond acceptors (Lipinski definition) is 4. The maximum Gasteiger partial charge on any atom is 0.259 e.